The van der Waals surface area contributed by atoms with Crippen molar-refractivity contribution in [3.63, 3.8) is 0 Å². The highest BCUT2D eigenvalue weighted by Gasteiger charge is 2.33. The number of nitrogens with zero attached hydrogens (tertiary/aromatic N) is 4. The second kappa shape index (κ2) is 7.09. The van der Waals surface area contributed by atoms with Crippen LogP contribution in [0.4, 0.5) is 11.8 Å². The highest BCUT2D eigenvalue weighted by molar-refractivity contribution is 6.31. The van der Waals surface area contributed by atoms with Gasteiger partial charge in [0.1, 0.15) is 16.7 Å². The van der Waals surface area contributed by atoms with Gasteiger partial charge in [0.05, 0.1) is 33.3 Å². The van der Waals surface area contributed by atoms with Crippen molar-refractivity contribution >= 4 is 29.3 Å². The van der Waals surface area contributed by atoms with Crippen LogP contribution in [-0.4, -0.2) is 49.3 Å². The number of carbonyl (C=O) groups is 1. The number of amides is 1. The minimum absolute atomic E-state index is 0.0221. The molecule has 0 aliphatic carbocycles. The summed E-state index contributed by atoms with van der Waals surface area (Å²) in [7, 11) is 1.63. The molecule has 4 rings (SSSR count). The van der Waals surface area contributed by atoms with Crippen LogP contribution >= 0.6 is 11.6 Å². The van der Waals surface area contributed by atoms with Crippen molar-refractivity contribution in [2.24, 2.45) is 0 Å². The predicted molar refractivity (Wildman–Crippen MR) is 98.0 cm³/mol. The molecule has 0 unspecified atom stereocenters. The van der Waals surface area contributed by atoms with Crippen LogP contribution in [0, 0.1) is 0 Å². The van der Waals surface area contributed by atoms with Gasteiger partial charge in [-0.25, -0.2) is 4.98 Å². The first-order valence-electron chi connectivity index (χ1n) is 8.48. The number of hydrogen-bond donors (Lipinski definition) is 0. The van der Waals surface area contributed by atoms with Crippen LogP contribution in [0.1, 0.15) is 11.1 Å². The van der Waals surface area contributed by atoms with Gasteiger partial charge in [-0.3, -0.25) is 9.69 Å². The average Bonchev–Trinajstić information content (AvgIpc) is 2.99. The molecule has 2 aromatic rings. The summed E-state index contributed by atoms with van der Waals surface area (Å²) in [6.45, 7) is 3.12. The molecule has 3 heterocycles. The Balaban J connectivity index is 1.63. The summed E-state index contributed by atoms with van der Waals surface area (Å²) < 4.78 is 10.6. The molecular formula is C18H19ClN4O3. The summed E-state index contributed by atoms with van der Waals surface area (Å²) in [6, 6.07) is 7.64. The standard InChI is InChI=1S/C18H19ClN4O3/c1-25-13-4-2-12(3-5-13)11-23-15(24)10-14-16(19)20-18(21-17(14)23)22-6-8-26-9-7-22/h2-5H,6-11H2,1H3. The van der Waals surface area contributed by atoms with Gasteiger partial charge in [0.15, 0.2) is 0 Å². The number of anilines is 2. The fourth-order valence-electron chi connectivity index (χ4n) is 3.16. The van der Waals surface area contributed by atoms with E-state index in [1.165, 1.54) is 0 Å². The molecule has 0 N–H and O–H groups in total. The summed E-state index contributed by atoms with van der Waals surface area (Å²) in [5.74, 6) is 1.91. The molecule has 136 valence electrons. The number of fused-ring (bicyclic) bond motifs is 1. The Morgan fingerprint density at radius 3 is 2.62 bits per heavy atom. The van der Waals surface area contributed by atoms with Gasteiger partial charge < -0.3 is 14.4 Å². The van der Waals surface area contributed by atoms with Gasteiger partial charge in [0.25, 0.3) is 0 Å². The number of carbonyl (C=O) groups excluding carboxylic acids is 1. The number of morpholine rings is 1. The van der Waals surface area contributed by atoms with E-state index < -0.39 is 0 Å². The zero-order valence-corrected chi connectivity index (χ0v) is 15.2. The predicted octanol–water partition coefficient (Wildman–Crippen LogP) is 2.06. The Morgan fingerprint density at radius 1 is 1.19 bits per heavy atom. The van der Waals surface area contributed by atoms with E-state index >= 15 is 0 Å². The van der Waals surface area contributed by atoms with E-state index in [-0.39, 0.29) is 12.3 Å². The van der Waals surface area contributed by atoms with Crippen molar-refractivity contribution in [3.05, 3.63) is 40.5 Å². The van der Waals surface area contributed by atoms with Gasteiger partial charge in [-0.2, -0.15) is 4.98 Å². The topological polar surface area (TPSA) is 67.8 Å². The molecule has 0 radical (unpaired) electrons. The molecule has 1 aromatic heterocycles. The zero-order chi connectivity index (χ0) is 18.1. The number of halogens is 1. The third kappa shape index (κ3) is 3.20. The molecule has 8 heteroatoms. The van der Waals surface area contributed by atoms with Gasteiger partial charge in [-0.1, -0.05) is 23.7 Å². The maximum absolute atomic E-state index is 12.5. The lowest BCUT2D eigenvalue weighted by Crippen LogP contribution is -2.37. The second-order valence-corrected chi connectivity index (χ2v) is 6.58. The number of methoxy groups -OCH3 is 1. The molecule has 1 fully saturated rings. The van der Waals surface area contributed by atoms with E-state index in [0.717, 1.165) is 11.3 Å². The van der Waals surface area contributed by atoms with Crippen molar-refractivity contribution in [2.75, 3.05) is 43.2 Å². The number of hydrogen-bond acceptors (Lipinski definition) is 6. The monoisotopic (exact) mass is 374 g/mol. The van der Waals surface area contributed by atoms with Crippen LogP contribution in [0.15, 0.2) is 24.3 Å². The quantitative estimate of drug-likeness (QED) is 0.763. The summed E-state index contributed by atoms with van der Waals surface area (Å²) in [5.41, 5.74) is 1.69. The molecule has 1 aromatic carbocycles. The summed E-state index contributed by atoms with van der Waals surface area (Å²) in [5, 5.41) is 0.349. The van der Waals surface area contributed by atoms with Gasteiger partial charge in [-0.15, -0.1) is 0 Å². The normalized spacial score (nSPS) is 16.8. The highest BCUT2D eigenvalue weighted by Crippen LogP contribution is 2.34. The molecule has 2 aliphatic heterocycles. The largest absolute Gasteiger partial charge is 0.497 e. The van der Waals surface area contributed by atoms with Gasteiger partial charge in [0.2, 0.25) is 11.9 Å². The molecule has 1 amide bonds. The van der Waals surface area contributed by atoms with E-state index in [1.54, 1.807) is 12.0 Å². The number of aromatic nitrogens is 2. The summed E-state index contributed by atoms with van der Waals surface area (Å²) in [4.78, 5) is 25.3. The average molecular weight is 375 g/mol. The summed E-state index contributed by atoms with van der Waals surface area (Å²) >= 11 is 6.36. The van der Waals surface area contributed by atoms with Gasteiger partial charge >= 0.3 is 0 Å². The van der Waals surface area contributed by atoms with Crippen LogP contribution in [0.3, 0.4) is 0 Å². The Bertz CT molecular complexity index is 822. The Morgan fingerprint density at radius 2 is 1.92 bits per heavy atom. The Hall–Kier alpha value is -2.38. The third-order valence-corrected chi connectivity index (χ3v) is 4.91. The van der Waals surface area contributed by atoms with Gasteiger partial charge in [0, 0.05) is 18.7 Å². The molecular weight excluding hydrogens is 356 g/mol. The first kappa shape index (κ1) is 17.1. The van der Waals surface area contributed by atoms with Crippen LogP contribution in [-0.2, 0) is 22.5 Å². The van der Waals surface area contributed by atoms with Crippen LogP contribution < -0.4 is 14.5 Å². The van der Waals surface area contributed by atoms with E-state index in [4.69, 9.17) is 21.1 Å². The van der Waals surface area contributed by atoms with Crippen molar-refractivity contribution in [2.45, 2.75) is 13.0 Å². The maximum Gasteiger partial charge on any atom is 0.233 e. The zero-order valence-electron chi connectivity index (χ0n) is 14.4. The minimum atomic E-state index is -0.0221. The lowest BCUT2D eigenvalue weighted by atomic mass is 10.2. The lowest BCUT2D eigenvalue weighted by Gasteiger charge is -2.27. The molecule has 1 saturated heterocycles. The van der Waals surface area contributed by atoms with Gasteiger partial charge in [-0.05, 0) is 17.7 Å². The van der Waals surface area contributed by atoms with Crippen LogP contribution in [0.25, 0.3) is 0 Å². The number of ether oxygens (including phenoxy) is 2. The Kier molecular flexibility index (Phi) is 4.65. The van der Waals surface area contributed by atoms with Crippen molar-refractivity contribution < 1.29 is 14.3 Å². The van der Waals surface area contributed by atoms with E-state index in [2.05, 4.69) is 9.97 Å². The van der Waals surface area contributed by atoms with E-state index in [1.807, 2.05) is 29.2 Å². The van der Waals surface area contributed by atoms with E-state index in [9.17, 15) is 4.79 Å². The first-order valence-corrected chi connectivity index (χ1v) is 8.86. The smallest absolute Gasteiger partial charge is 0.233 e. The highest BCUT2D eigenvalue weighted by atomic mass is 35.5. The van der Waals surface area contributed by atoms with E-state index in [0.29, 0.717) is 55.3 Å². The second-order valence-electron chi connectivity index (χ2n) is 6.22. The maximum atomic E-state index is 12.5. The third-order valence-electron chi connectivity index (χ3n) is 4.60. The fourth-order valence-corrected chi connectivity index (χ4v) is 3.38. The first-order chi connectivity index (χ1) is 12.7. The molecule has 0 bridgehead atoms. The SMILES string of the molecule is COc1ccc(CN2C(=O)Cc3c(Cl)nc(N4CCOCC4)nc32)cc1. The Labute approximate surface area is 156 Å². The lowest BCUT2D eigenvalue weighted by molar-refractivity contribution is -0.117. The summed E-state index contributed by atoms with van der Waals surface area (Å²) in [6.07, 6.45) is 0.230. The molecule has 0 saturated carbocycles. The van der Waals surface area contributed by atoms with Crippen molar-refractivity contribution in [1.29, 1.82) is 0 Å². The molecule has 0 spiro atoms. The minimum Gasteiger partial charge on any atom is -0.497 e. The molecule has 7 nitrogen and oxygen atoms in total. The van der Waals surface area contributed by atoms with Crippen LogP contribution in [0.2, 0.25) is 5.15 Å². The molecule has 2 aliphatic rings. The van der Waals surface area contributed by atoms with Crippen molar-refractivity contribution in [1.82, 2.24) is 9.97 Å². The fraction of sp³-hybridized carbons (Fsp3) is 0.389. The molecule has 26 heavy (non-hydrogen) atoms. The van der Waals surface area contributed by atoms with Crippen LogP contribution in [0.5, 0.6) is 5.75 Å². The molecule has 0 atom stereocenters. The van der Waals surface area contributed by atoms with Crippen molar-refractivity contribution in [3.8, 4) is 5.75 Å². The number of rotatable bonds is 4. The number of benzene rings is 1.